The highest BCUT2D eigenvalue weighted by molar-refractivity contribution is 5.94. The normalized spacial score (nSPS) is 21.5. The first-order valence-electron chi connectivity index (χ1n) is 9.65. The van der Waals surface area contributed by atoms with Gasteiger partial charge in [-0.25, -0.2) is 0 Å². The Bertz CT molecular complexity index is 876. The molecule has 3 unspecified atom stereocenters. The van der Waals surface area contributed by atoms with E-state index in [0.717, 1.165) is 24.1 Å². The number of para-hydroxylation sites is 2. The Morgan fingerprint density at radius 1 is 0.964 bits per heavy atom. The SMILES string of the molecule is CC(NC(=O)C1Oc2ccccc2OC1C)c1ccc(NC(=O)C2CC2)cc1. The summed E-state index contributed by atoms with van der Waals surface area (Å²) in [5, 5.41) is 5.90. The number of benzene rings is 2. The van der Waals surface area contributed by atoms with E-state index in [2.05, 4.69) is 10.6 Å². The largest absolute Gasteiger partial charge is 0.482 e. The smallest absolute Gasteiger partial charge is 0.265 e. The molecule has 2 aromatic carbocycles. The van der Waals surface area contributed by atoms with Crippen molar-refractivity contribution >= 4 is 17.5 Å². The highest BCUT2D eigenvalue weighted by Gasteiger charge is 2.34. The maximum atomic E-state index is 12.7. The maximum absolute atomic E-state index is 12.7. The van der Waals surface area contributed by atoms with Gasteiger partial charge >= 0.3 is 0 Å². The Hall–Kier alpha value is -3.02. The van der Waals surface area contributed by atoms with Gasteiger partial charge in [0.2, 0.25) is 12.0 Å². The zero-order valence-electron chi connectivity index (χ0n) is 16.0. The number of amides is 2. The molecule has 0 bridgehead atoms. The first-order chi connectivity index (χ1) is 13.5. The molecule has 0 radical (unpaired) electrons. The summed E-state index contributed by atoms with van der Waals surface area (Å²) in [5.41, 5.74) is 1.72. The molecule has 146 valence electrons. The van der Waals surface area contributed by atoms with Crippen LogP contribution in [0.2, 0.25) is 0 Å². The second-order valence-corrected chi connectivity index (χ2v) is 7.42. The molecule has 2 amide bonds. The zero-order chi connectivity index (χ0) is 19.7. The van der Waals surface area contributed by atoms with Crippen LogP contribution in [0.5, 0.6) is 11.5 Å². The zero-order valence-corrected chi connectivity index (χ0v) is 16.0. The molecule has 6 heteroatoms. The first kappa shape index (κ1) is 18.3. The summed E-state index contributed by atoms with van der Waals surface area (Å²) in [4.78, 5) is 24.6. The second-order valence-electron chi connectivity index (χ2n) is 7.42. The van der Waals surface area contributed by atoms with Crippen LogP contribution in [0.4, 0.5) is 5.69 Å². The average molecular weight is 380 g/mol. The van der Waals surface area contributed by atoms with Crippen molar-refractivity contribution in [3.8, 4) is 11.5 Å². The highest BCUT2D eigenvalue weighted by Crippen LogP contribution is 2.34. The summed E-state index contributed by atoms with van der Waals surface area (Å²) in [6, 6.07) is 14.7. The highest BCUT2D eigenvalue weighted by atomic mass is 16.6. The van der Waals surface area contributed by atoms with Crippen molar-refractivity contribution < 1.29 is 19.1 Å². The Kier molecular flexibility index (Phi) is 4.94. The Balaban J connectivity index is 1.37. The van der Waals surface area contributed by atoms with Gasteiger partial charge in [-0.1, -0.05) is 24.3 Å². The summed E-state index contributed by atoms with van der Waals surface area (Å²) in [7, 11) is 0. The molecular formula is C22H24N2O4. The molecule has 1 fully saturated rings. The minimum absolute atomic E-state index is 0.0813. The molecular weight excluding hydrogens is 356 g/mol. The van der Waals surface area contributed by atoms with E-state index < -0.39 is 6.10 Å². The van der Waals surface area contributed by atoms with E-state index in [1.807, 2.05) is 56.3 Å². The van der Waals surface area contributed by atoms with Crippen molar-refractivity contribution in [3.05, 3.63) is 54.1 Å². The molecule has 6 nitrogen and oxygen atoms in total. The molecule has 3 atom stereocenters. The van der Waals surface area contributed by atoms with Crippen LogP contribution in [0.3, 0.4) is 0 Å². The van der Waals surface area contributed by atoms with Crippen LogP contribution in [0.25, 0.3) is 0 Å². The molecule has 4 rings (SSSR count). The topological polar surface area (TPSA) is 76.7 Å². The van der Waals surface area contributed by atoms with Crippen molar-refractivity contribution in [2.75, 3.05) is 5.32 Å². The van der Waals surface area contributed by atoms with Crippen LogP contribution < -0.4 is 20.1 Å². The number of nitrogens with one attached hydrogen (secondary N) is 2. The fourth-order valence-electron chi connectivity index (χ4n) is 3.23. The maximum Gasteiger partial charge on any atom is 0.265 e. The Morgan fingerprint density at radius 2 is 1.61 bits per heavy atom. The number of rotatable bonds is 5. The Morgan fingerprint density at radius 3 is 2.25 bits per heavy atom. The summed E-state index contributed by atoms with van der Waals surface area (Å²) >= 11 is 0. The lowest BCUT2D eigenvalue weighted by Crippen LogP contribution is -2.49. The molecule has 2 aromatic rings. The lowest BCUT2D eigenvalue weighted by atomic mass is 10.1. The van der Waals surface area contributed by atoms with Crippen molar-refractivity contribution in [1.29, 1.82) is 0 Å². The molecule has 1 aliphatic carbocycles. The molecule has 0 spiro atoms. The minimum Gasteiger partial charge on any atom is -0.482 e. The molecule has 1 saturated carbocycles. The van der Waals surface area contributed by atoms with Gasteiger partial charge in [-0.15, -0.1) is 0 Å². The number of carbonyl (C=O) groups excluding carboxylic acids is 2. The van der Waals surface area contributed by atoms with Crippen LogP contribution in [0.15, 0.2) is 48.5 Å². The van der Waals surface area contributed by atoms with E-state index in [-0.39, 0.29) is 29.9 Å². The van der Waals surface area contributed by atoms with Crippen LogP contribution in [0.1, 0.15) is 38.3 Å². The summed E-state index contributed by atoms with van der Waals surface area (Å²) in [6.45, 7) is 3.74. The fourth-order valence-corrected chi connectivity index (χ4v) is 3.23. The number of anilines is 1. The van der Waals surface area contributed by atoms with Crippen LogP contribution in [-0.4, -0.2) is 24.0 Å². The van der Waals surface area contributed by atoms with Crippen LogP contribution >= 0.6 is 0 Å². The number of hydrogen-bond acceptors (Lipinski definition) is 4. The third-order valence-electron chi connectivity index (χ3n) is 5.09. The third-order valence-corrected chi connectivity index (χ3v) is 5.09. The van der Waals surface area contributed by atoms with Gasteiger partial charge in [0, 0.05) is 11.6 Å². The number of hydrogen-bond donors (Lipinski definition) is 2. The van der Waals surface area contributed by atoms with Gasteiger partial charge in [0.1, 0.15) is 6.10 Å². The summed E-state index contributed by atoms with van der Waals surface area (Å²) in [6.07, 6.45) is 0.850. The van der Waals surface area contributed by atoms with Gasteiger partial charge in [-0.3, -0.25) is 9.59 Å². The van der Waals surface area contributed by atoms with Gasteiger partial charge < -0.3 is 20.1 Å². The van der Waals surface area contributed by atoms with Crippen molar-refractivity contribution in [2.45, 2.75) is 44.9 Å². The molecule has 2 aliphatic rings. The number of fused-ring (bicyclic) bond motifs is 1. The van der Waals surface area contributed by atoms with Gasteiger partial charge in [0.25, 0.3) is 5.91 Å². The molecule has 1 heterocycles. The number of carbonyl (C=O) groups is 2. The van der Waals surface area contributed by atoms with Crippen molar-refractivity contribution in [3.63, 3.8) is 0 Å². The monoisotopic (exact) mass is 380 g/mol. The van der Waals surface area contributed by atoms with Gasteiger partial charge in [-0.2, -0.15) is 0 Å². The van der Waals surface area contributed by atoms with Gasteiger partial charge in [0.05, 0.1) is 6.04 Å². The van der Waals surface area contributed by atoms with E-state index >= 15 is 0 Å². The first-order valence-corrected chi connectivity index (χ1v) is 9.65. The third kappa shape index (κ3) is 3.96. The summed E-state index contributed by atoms with van der Waals surface area (Å²) < 4.78 is 11.7. The van der Waals surface area contributed by atoms with E-state index in [0.29, 0.717) is 11.5 Å². The van der Waals surface area contributed by atoms with Gasteiger partial charge in [-0.05, 0) is 56.5 Å². The van der Waals surface area contributed by atoms with Crippen LogP contribution in [-0.2, 0) is 9.59 Å². The molecule has 2 N–H and O–H groups in total. The van der Waals surface area contributed by atoms with E-state index in [1.165, 1.54) is 0 Å². The lowest BCUT2D eigenvalue weighted by Gasteiger charge is -2.31. The summed E-state index contributed by atoms with van der Waals surface area (Å²) in [5.74, 6) is 1.25. The predicted octanol–water partition coefficient (Wildman–Crippen LogP) is 3.44. The van der Waals surface area contributed by atoms with E-state index in [4.69, 9.17) is 9.47 Å². The van der Waals surface area contributed by atoms with E-state index in [1.54, 1.807) is 6.07 Å². The lowest BCUT2D eigenvalue weighted by molar-refractivity contribution is -0.134. The standard InChI is InChI=1S/C22H24N2O4/c1-13(15-9-11-17(12-10-15)24-21(25)16-7-8-16)23-22(26)20-14(2)27-18-5-3-4-6-19(18)28-20/h3-6,9-14,16,20H,7-8H2,1-2H3,(H,23,26)(H,24,25). The second kappa shape index (κ2) is 7.54. The van der Waals surface area contributed by atoms with Gasteiger partial charge in [0.15, 0.2) is 11.5 Å². The minimum atomic E-state index is -0.713. The predicted molar refractivity (Wildman–Crippen MR) is 105 cm³/mol. The van der Waals surface area contributed by atoms with Crippen LogP contribution in [0, 0.1) is 5.92 Å². The fraction of sp³-hybridized carbons (Fsp3) is 0.364. The molecule has 28 heavy (non-hydrogen) atoms. The molecule has 0 saturated heterocycles. The quantitative estimate of drug-likeness (QED) is 0.833. The average Bonchev–Trinajstić information content (AvgIpc) is 3.53. The number of ether oxygens (including phenoxy) is 2. The van der Waals surface area contributed by atoms with Crippen molar-refractivity contribution in [1.82, 2.24) is 5.32 Å². The molecule has 0 aromatic heterocycles. The van der Waals surface area contributed by atoms with Crippen molar-refractivity contribution in [2.24, 2.45) is 5.92 Å². The van der Waals surface area contributed by atoms with E-state index in [9.17, 15) is 9.59 Å². The molecule has 1 aliphatic heterocycles. The Labute approximate surface area is 164 Å².